The highest BCUT2D eigenvalue weighted by atomic mass is 19.1. The lowest BCUT2D eigenvalue weighted by Gasteiger charge is -2.12. The first-order valence-electron chi connectivity index (χ1n) is 4.69. The second-order valence-corrected chi connectivity index (χ2v) is 3.37. The predicted octanol–water partition coefficient (Wildman–Crippen LogP) is 1.95. The number of hydrogen-bond donors (Lipinski definition) is 1. The lowest BCUT2D eigenvalue weighted by Crippen LogP contribution is -2.29. The highest BCUT2D eigenvalue weighted by Crippen LogP contribution is 2.03. The molecule has 14 heavy (non-hydrogen) atoms. The van der Waals surface area contributed by atoms with Gasteiger partial charge in [0.2, 0.25) is 0 Å². The minimum Gasteiger partial charge on any atom is -0.383 e. The van der Waals surface area contributed by atoms with Crippen molar-refractivity contribution in [2.45, 2.75) is 19.5 Å². The van der Waals surface area contributed by atoms with Crippen molar-refractivity contribution in [3.05, 3.63) is 35.6 Å². The van der Waals surface area contributed by atoms with Gasteiger partial charge < -0.3 is 10.1 Å². The first-order chi connectivity index (χ1) is 6.72. The molecule has 3 heteroatoms. The molecule has 1 aromatic rings. The second kappa shape index (κ2) is 5.73. The molecule has 0 bridgehead atoms. The molecule has 0 fully saturated rings. The smallest absolute Gasteiger partial charge is 0.123 e. The molecule has 0 saturated heterocycles. The molecule has 0 amide bonds. The maximum atomic E-state index is 12.8. The molecule has 0 aromatic heterocycles. The summed E-state index contributed by atoms with van der Waals surface area (Å²) in [4.78, 5) is 0. The van der Waals surface area contributed by atoms with E-state index in [1.54, 1.807) is 13.2 Å². The van der Waals surface area contributed by atoms with Gasteiger partial charge >= 0.3 is 0 Å². The van der Waals surface area contributed by atoms with Crippen LogP contribution in [0.2, 0.25) is 0 Å². The van der Waals surface area contributed by atoms with Gasteiger partial charge in [0.05, 0.1) is 6.61 Å². The third-order valence-corrected chi connectivity index (χ3v) is 1.96. The van der Waals surface area contributed by atoms with E-state index in [1.165, 1.54) is 12.1 Å². The second-order valence-electron chi connectivity index (χ2n) is 3.37. The van der Waals surface area contributed by atoms with E-state index in [4.69, 9.17) is 4.74 Å². The van der Waals surface area contributed by atoms with Crippen LogP contribution in [0.15, 0.2) is 24.3 Å². The van der Waals surface area contributed by atoms with E-state index >= 15 is 0 Å². The molecule has 0 radical (unpaired) electrons. The first-order valence-corrected chi connectivity index (χ1v) is 4.69. The van der Waals surface area contributed by atoms with Gasteiger partial charge in [-0.2, -0.15) is 0 Å². The Morgan fingerprint density at radius 3 is 2.93 bits per heavy atom. The number of hydrogen-bond acceptors (Lipinski definition) is 2. The highest BCUT2D eigenvalue weighted by molar-refractivity contribution is 5.15. The third-order valence-electron chi connectivity index (χ3n) is 1.96. The van der Waals surface area contributed by atoms with Gasteiger partial charge in [-0.1, -0.05) is 12.1 Å². The van der Waals surface area contributed by atoms with Crippen molar-refractivity contribution < 1.29 is 9.13 Å². The molecule has 1 atom stereocenters. The fourth-order valence-corrected chi connectivity index (χ4v) is 1.25. The van der Waals surface area contributed by atoms with E-state index < -0.39 is 0 Å². The zero-order valence-electron chi connectivity index (χ0n) is 8.59. The third kappa shape index (κ3) is 3.85. The summed E-state index contributed by atoms with van der Waals surface area (Å²) in [7, 11) is 1.67. The molecule has 0 unspecified atom stereocenters. The summed E-state index contributed by atoms with van der Waals surface area (Å²) in [6, 6.07) is 6.88. The van der Waals surface area contributed by atoms with Gasteiger partial charge in [0, 0.05) is 19.7 Å². The fraction of sp³-hybridized carbons (Fsp3) is 0.455. The average Bonchev–Trinajstić information content (AvgIpc) is 2.15. The van der Waals surface area contributed by atoms with Crippen LogP contribution >= 0.6 is 0 Å². The molecule has 0 spiro atoms. The van der Waals surface area contributed by atoms with E-state index in [-0.39, 0.29) is 11.9 Å². The molecule has 1 N–H and O–H groups in total. The molecule has 0 aliphatic heterocycles. The molecule has 2 nitrogen and oxygen atoms in total. The van der Waals surface area contributed by atoms with Crippen LogP contribution in [0.5, 0.6) is 0 Å². The van der Waals surface area contributed by atoms with Gasteiger partial charge in [-0.25, -0.2) is 4.39 Å². The standard InChI is InChI=1S/C11H16FNO/c1-9(8-14-2)13-7-10-4-3-5-11(12)6-10/h3-6,9,13H,7-8H2,1-2H3/t9-/m0/s1. The van der Waals surface area contributed by atoms with E-state index in [2.05, 4.69) is 5.32 Å². The summed E-state index contributed by atoms with van der Waals surface area (Å²) in [5.74, 6) is -0.191. The zero-order chi connectivity index (χ0) is 10.4. The van der Waals surface area contributed by atoms with Gasteiger partial charge in [0.25, 0.3) is 0 Å². The van der Waals surface area contributed by atoms with Crippen molar-refractivity contribution in [3.8, 4) is 0 Å². The summed E-state index contributed by atoms with van der Waals surface area (Å²) in [5.41, 5.74) is 0.952. The number of nitrogens with one attached hydrogen (secondary N) is 1. The number of ether oxygens (including phenoxy) is 1. The van der Waals surface area contributed by atoms with Crippen LogP contribution in [0.4, 0.5) is 4.39 Å². The van der Waals surface area contributed by atoms with Crippen LogP contribution in [0.3, 0.4) is 0 Å². The SMILES string of the molecule is COC[C@H](C)NCc1cccc(F)c1. The molecule has 0 heterocycles. The van der Waals surface area contributed by atoms with Gasteiger partial charge in [-0.3, -0.25) is 0 Å². The molecular formula is C11H16FNO. The van der Waals surface area contributed by atoms with Crippen LogP contribution in [-0.2, 0) is 11.3 Å². The Morgan fingerprint density at radius 1 is 1.50 bits per heavy atom. The number of halogens is 1. The minimum atomic E-state index is -0.191. The summed E-state index contributed by atoms with van der Waals surface area (Å²) in [6.07, 6.45) is 0. The van der Waals surface area contributed by atoms with Crippen molar-refractivity contribution in [3.63, 3.8) is 0 Å². The van der Waals surface area contributed by atoms with Crippen LogP contribution in [0, 0.1) is 5.82 Å². The molecule has 0 saturated carbocycles. The van der Waals surface area contributed by atoms with Crippen LogP contribution in [-0.4, -0.2) is 19.8 Å². The van der Waals surface area contributed by atoms with E-state index in [9.17, 15) is 4.39 Å². The quantitative estimate of drug-likeness (QED) is 0.779. The Labute approximate surface area is 84.1 Å². The summed E-state index contributed by atoms with van der Waals surface area (Å²) < 4.78 is 17.8. The van der Waals surface area contributed by atoms with Crippen molar-refractivity contribution in [2.24, 2.45) is 0 Å². The average molecular weight is 197 g/mol. The van der Waals surface area contributed by atoms with Crippen molar-refractivity contribution in [1.82, 2.24) is 5.32 Å². The lowest BCUT2D eigenvalue weighted by atomic mass is 10.2. The van der Waals surface area contributed by atoms with Crippen molar-refractivity contribution >= 4 is 0 Å². The Kier molecular flexibility index (Phi) is 4.56. The largest absolute Gasteiger partial charge is 0.383 e. The van der Waals surface area contributed by atoms with Crippen molar-refractivity contribution in [2.75, 3.05) is 13.7 Å². The summed E-state index contributed by atoms with van der Waals surface area (Å²) in [5, 5.41) is 3.24. The maximum absolute atomic E-state index is 12.8. The number of methoxy groups -OCH3 is 1. The zero-order valence-corrected chi connectivity index (χ0v) is 8.59. The first kappa shape index (κ1) is 11.1. The van der Waals surface area contributed by atoms with Crippen LogP contribution in [0.1, 0.15) is 12.5 Å². The minimum absolute atomic E-state index is 0.191. The van der Waals surface area contributed by atoms with Gasteiger partial charge in [0.15, 0.2) is 0 Å². The van der Waals surface area contributed by atoms with Crippen LogP contribution in [0.25, 0.3) is 0 Å². The predicted molar refractivity (Wildman–Crippen MR) is 54.6 cm³/mol. The topological polar surface area (TPSA) is 21.3 Å². The normalized spacial score (nSPS) is 12.8. The molecule has 1 rings (SSSR count). The van der Waals surface area contributed by atoms with Crippen molar-refractivity contribution in [1.29, 1.82) is 0 Å². The van der Waals surface area contributed by atoms with Crippen LogP contribution < -0.4 is 5.32 Å². The van der Waals surface area contributed by atoms with E-state index in [1.807, 2.05) is 13.0 Å². The highest BCUT2D eigenvalue weighted by Gasteiger charge is 2.00. The lowest BCUT2D eigenvalue weighted by molar-refractivity contribution is 0.171. The maximum Gasteiger partial charge on any atom is 0.123 e. The number of benzene rings is 1. The molecule has 1 aromatic carbocycles. The molecular weight excluding hydrogens is 181 g/mol. The van der Waals surface area contributed by atoms with E-state index in [0.717, 1.165) is 5.56 Å². The number of rotatable bonds is 5. The Morgan fingerprint density at radius 2 is 2.29 bits per heavy atom. The molecule has 0 aliphatic carbocycles. The van der Waals surface area contributed by atoms with Gasteiger partial charge in [0.1, 0.15) is 5.82 Å². The van der Waals surface area contributed by atoms with Gasteiger partial charge in [-0.15, -0.1) is 0 Å². The van der Waals surface area contributed by atoms with Gasteiger partial charge in [-0.05, 0) is 24.6 Å². The Hall–Kier alpha value is -0.930. The Balaban J connectivity index is 2.37. The molecule has 0 aliphatic rings. The summed E-state index contributed by atoms with van der Waals surface area (Å²) >= 11 is 0. The Bertz CT molecular complexity index is 278. The summed E-state index contributed by atoms with van der Waals surface area (Å²) in [6.45, 7) is 3.36. The fourth-order valence-electron chi connectivity index (χ4n) is 1.25. The molecule has 78 valence electrons. The monoisotopic (exact) mass is 197 g/mol. The van der Waals surface area contributed by atoms with E-state index in [0.29, 0.717) is 13.2 Å².